The number of aliphatic carboxylic acids is 1. The number of thioether (sulfide) groups is 1. The van der Waals surface area contributed by atoms with E-state index in [1.165, 1.54) is 17.2 Å². The minimum Gasteiger partial charge on any atom is -0.478 e. The fourth-order valence-corrected chi connectivity index (χ4v) is 1.08. The van der Waals surface area contributed by atoms with Gasteiger partial charge in [-0.2, -0.15) is 0 Å². The number of carboxylic acids is 1. The fraction of sp³-hybridized carbons (Fsp3) is 0. The second-order valence-electron chi connectivity index (χ2n) is 1.80. The lowest BCUT2D eigenvalue weighted by Gasteiger charge is -1.90. The van der Waals surface area contributed by atoms with E-state index in [4.69, 9.17) is 5.11 Å². The van der Waals surface area contributed by atoms with E-state index in [1.54, 1.807) is 18.6 Å². The van der Waals surface area contributed by atoms with Crippen LogP contribution in [-0.2, 0) is 4.79 Å². The van der Waals surface area contributed by atoms with Crippen LogP contribution in [0.25, 0.3) is 0 Å². The molecule has 1 heterocycles. The van der Waals surface area contributed by atoms with E-state index in [2.05, 4.69) is 9.97 Å². The van der Waals surface area contributed by atoms with E-state index >= 15 is 0 Å². The molecule has 0 saturated heterocycles. The summed E-state index contributed by atoms with van der Waals surface area (Å²) in [5.74, 6) is -0.966. The molecule has 0 spiro atoms. The summed E-state index contributed by atoms with van der Waals surface area (Å²) in [5.41, 5.74) is 0. The first-order chi connectivity index (χ1) is 5.79. The van der Waals surface area contributed by atoms with Crippen LogP contribution < -0.4 is 0 Å². The zero-order valence-corrected chi connectivity index (χ0v) is 6.86. The van der Waals surface area contributed by atoms with Gasteiger partial charge in [0, 0.05) is 18.5 Å². The zero-order chi connectivity index (χ0) is 8.81. The maximum atomic E-state index is 10.1. The Morgan fingerprint density at radius 2 is 2.42 bits per heavy atom. The zero-order valence-electron chi connectivity index (χ0n) is 6.04. The Balaban J connectivity index is 2.49. The summed E-state index contributed by atoms with van der Waals surface area (Å²) in [4.78, 5) is 17.8. The molecule has 0 unspecified atom stereocenters. The van der Waals surface area contributed by atoms with Crippen molar-refractivity contribution in [3.05, 3.63) is 30.1 Å². The number of hydrogen-bond acceptors (Lipinski definition) is 4. The molecule has 1 N–H and O–H groups in total. The highest BCUT2D eigenvalue weighted by atomic mass is 32.2. The topological polar surface area (TPSA) is 63.1 Å². The van der Waals surface area contributed by atoms with Gasteiger partial charge in [-0.1, -0.05) is 11.8 Å². The Labute approximate surface area is 73.4 Å². The summed E-state index contributed by atoms with van der Waals surface area (Å²) in [6.45, 7) is 0. The highest BCUT2D eigenvalue weighted by molar-refractivity contribution is 8.02. The standard InChI is InChI=1S/C7H6N2O2S/c10-7(11)1-4-12-6-5-8-2-3-9-6/h1-5H,(H,10,11)/b4-1+. The lowest BCUT2D eigenvalue weighted by Crippen LogP contribution is -1.84. The van der Waals surface area contributed by atoms with Crippen molar-refractivity contribution in [2.24, 2.45) is 0 Å². The van der Waals surface area contributed by atoms with Crippen LogP contribution in [0.5, 0.6) is 0 Å². The van der Waals surface area contributed by atoms with E-state index in [0.717, 1.165) is 6.08 Å². The minimum absolute atomic E-state index is 0.676. The maximum absolute atomic E-state index is 10.1. The number of aromatic nitrogens is 2. The van der Waals surface area contributed by atoms with Crippen LogP contribution in [-0.4, -0.2) is 21.0 Å². The predicted molar refractivity (Wildman–Crippen MR) is 44.7 cm³/mol. The van der Waals surface area contributed by atoms with E-state index in [0.29, 0.717) is 5.03 Å². The van der Waals surface area contributed by atoms with E-state index in [1.807, 2.05) is 0 Å². The number of carbonyl (C=O) groups is 1. The van der Waals surface area contributed by atoms with Crippen molar-refractivity contribution >= 4 is 17.7 Å². The number of nitrogens with zero attached hydrogens (tertiary/aromatic N) is 2. The normalized spacial score (nSPS) is 10.3. The number of hydrogen-bond donors (Lipinski definition) is 1. The third-order valence-corrected chi connectivity index (χ3v) is 1.66. The molecule has 0 aliphatic heterocycles. The molecule has 0 fully saturated rings. The van der Waals surface area contributed by atoms with E-state index in [-0.39, 0.29) is 0 Å². The SMILES string of the molecule is O=C(O)/C=C/Sc1cnccn1. The Hall–Kier alpha value is -1.36. The number of rotatable bonds is 3. The first-order valence-corrected chi connectivity index (χ1v) is 3.99. The van der Waals surface area contributed by atoms with Crippen LogP contribution >= 0.6 is 11.8 Å². The summed E-state index contributed by atoms with van der Waals surface area (Å²) in [7, 11) is 0. The molecule has 0 amide bonds. The average molecular weight is 182 g/mol. The molecular weight excluding hydrogens is 176 g/mol. The molecule has 0 bridgehead atoms. The smallest absolute Gasteiger partial charge is 0.328 e. The Morgan fingerprint density at radius 1 is 1.58 bits per heavy atom. The molecule has 0 aromatic carbocycles. The van der Waals surface area contributed by atoms with Crippen molar-refractivity contribution in [3.63, 3.8) is 0 Å². The quantitative estimate of drug-likeness (QED) is 0.561. The number of carboxylic acid groups (broad SMARTS) is 1. The van der Waals surface area contributed by atoms with Gasteiger partial charge in [-0.3, -0.25) is 4.98 Å². The van der Waals surface area contributed by atoms with Gasteiger partial charge in [0.15, 0.2) is 0 Å². The van der Waals surface area contributed by atoms with Gasteiger partial charge in [-0.15, -0.1) is 0 Å². The van der Waals surface area contributed by atoms with Crippen molar-refractivity contribution in [2.45, 2.75) is 5.03 Å². The second-order valence-corrected chi connectivity index (χ2v) is 2.73. The predicted octanol–water partition coefficient (Wildman–Crippen LogP) is 1.17. The Bertz CT molecular complexity index is 287. The van der Waals surface area contributed by atoms with Crippen LogP contribution in [0.1, 0.15) is 0 Å². The molecule has 1 aromatic heterocycles. The molecule has 1 aromatic rings. The molecule has 62 valence electrons. The van der Waals surface area contributed by atoms with Crippen molar-refractivity contribution in [1.82, 2.24) is 9.97 Å². The summed E-state index contributed by atoms with van der Waals surface area (Å²) in [6, 6.07) is 0. The van der Waals surface area contributed by atoms with E-state index in [9.17, 15) is 4.79 Å². The third-order valence-electron chi connectivity index (χ3n) is 0.939. The Kier molecular flexibility index (Phi) is 3.28. The lowest BCUT2D eigenvalue weighted by molar-refractivity contribution is -0.131. The molecule has 12 heavy (non-hydrogen) atoms. The molecule has 5 heteroatoms. The van der Waals surface area contributed by atoms with Gasteiger partial charge in [0.2, 0.25) is 0 Å². The highest BCUT2D eigenvalue weighted by Crippen LogP contribution is 2.13. The molecule has 1 rings (SSSR count). The highest BCUT2D eigenvalue weighted by Gasteiger charge is 1.90. The van der Waals surface area contributed by atoms with Gasteiger partial charge in [-0.05, 0) is 5.41 Å². The molecule has 0 saturated carbocycles. The molecule has 0 atom stereocenters. The van der Waals surface area contributed by atoms with Crippen molar-refractivity contribution in [3.8, 4) is 0 Å². The molecule has 0 aliphatic carbocycles. The summed E-state index contributed by atoms with van der Waals surface area (Å²) in [6.07, 6.45) is 5.73. The van der Waals surface area contributed by atoms with Crippen molar-refractivity contribution in [1.29, 1.82) is 0 Å². The largest absolute Gasteiger partial charge is 0.478 e. The lowest BCUT2D eigenvalue weighted by atomic mass is 10.7. The molecule has 0 radical (unpaired) electrons. The maximum Gasteiger partial charge on any atom is 0.328 e. The van der Waals surface area contributed by atoms with Crippen LogP contribution in [0.2, 0.25) is 0 Å². The van der Waals surface area contributed by atoms with Gasteiger partial charge in [0.05, 0.1) is 6.20 Å². The van der Waals surface area contributed by atoms with E-state index < -0.39 is 5.97 Å². The van der Waals surface area contributed by atoms with Crippen LogP contribution in [0.4, 0.5) is 0 Å². The van der Waals surface area contributed by atoms with Crippen molar-refractivity contribution in [2.75, 3.05) is 0 Å². The monoisotopic (exact) mass is 182 g/mol. The fourth-order valence-electron chi connectivity index (χ4n) is 0.508. The van der Waals surface area contributed by atoms with Crippen LogP contribution in [0.3, 0.4) is 0 Å². The molecule has 4 nitrogen and oxygen atoms in total. The first kappa shape index (κ1) is 8.73. The van der Waals surface area contributed by atoms with Gasteiger partial charge >= 0.3 is 5.97 Å². The average Bonchev–Trinajstić information content (AvgIpc) is 2.05. The van der Waals surface area contributed by atoms with Gasteiger partial charge in [-0.25, -0.2) is 9.78 Å². The molecular formula is C7H6N2O2S. The van der Waals surface area contributed by atoms with Crippen LogP contribution in [0.15, 0.2) is 35.1 Å². The van der Waals surface area contributed by atoms with Gasteiger partial charge in [0.25, 0.3) is 0 Å². The van der Waals surface area contributed by atoms with Crippen molar-refractivity contribution < 1.29 is 9.90 Å². The third kappa shape index (κ3) is 3.16. The van der Waals surface area contributed by atoms with Crippen LogP contribution in [0, 0.1) is 0 Å². The second kappa shape index (κ2) is 4.50. The van der Waals surface area contributed by atoms with Gasteiger partial charge < -0.3 is 5.11 Å². The summed E-state index contributed by atoms with van der Waals surface area (Å²) >= 11 is 1.21. The Morgan fingerprint density at radius 3 is 3.00 bits per heavy atom. The summed E-state index contributed by atoms with van der Waals surface area (Å²) < 4.78 is 0. The minimum atomic E-state index is -0.966. The van der Waals surface area contributed by atoms with Gasteiger partial charge in [0.1, 0.15) is 5.03 Å². The first-order valence-electron chi connectivity index (χ1n) is 3.11. The summed E-state index contributed by atoms with van der Waals surface area (Å²) in [5, 5.41) is 10.4. The molecule has 0 aliphatic rings.